The van der Waals surface area contributed by atoms with E-state index in [-0.39, 0.29) is 17.7 Å². The highest BCUT2D eigenvalue weighted by atomic mass is 16.5. The highest BCUT2D eigenvalue weighted by Crippen LogP contribution is 2.34. The maximum Gasteiger partial charge on any atom is 0.232 e. The van der Waals surface area contributed by atoms with E-state index in [1.807, 2.05) is 47.0 Å². The summed E-state index contributed by atoms with van der Waals surface area (Å²) in [5.41, 5.74) is 2.46. The molecule has 0 fully saturated rings. The molecule has 1 atom stereocenters. The first kappa shape index (κ1) is 15.6. The lowest BCUT2D eigenvalue weighted by molar-refractivity contribution is -0.118. The maximum absolute atomic E-state index is 12.8. The molecule has 3 aromatic rings. The largest absolute Gasteiger partial charge is 0.493 e. The minimum atomic E-state index is -0.203. The molecule has 2 aromatic heterocycles. The molecule has 0 unspecified atom stereocenters. The van der Waals surface area contributed by atoms with Gasteiger partial charge in [0.1, 0.15) is 11.6 Å². The molecule has 1 aliphatic heterocycles. The number of carbonyl (C=O) groups is 1. The van der Waals surface area contributed by atoms with Gasteiger partial charge in [0.05, 0.1) is 18.2 Å². The van der Waals surface area contributed by atoms with Gasteiger partial charge in [0.2, 0.25) is 5.91 Å². The second-order valence-corrected chi connectivity index (χ2v) is 6.58. The standard InChI is InChI=1S/C19H20N4O2/c1-12(2)18-22-21-17-8-7-13(11-23(17)18)20-19(24)15-9-10-25-16-6-4-3-5-14(15)16/h3-8,11-12,15H,9-10H2,1-2H3,(H,20,24)/t15-/m1/s1. The average Bonchev–Trinajstić information content (AvgIpc) is 3.04. The van der Waals surface area contributed by atoms with Crippen LogP contribution in [0.15, 0.2) is 42.6 Å². The van der Waals surface area contributed by atoms with Crippen LogP contribution in [0.4, 0.5) is 5.69 Å². The van der Waals surface area contributed by atoms with Gasteiger partial charge in [-0.1, -0.05) is 32.0 Å². The molecule has 1 amide bonds. The van der Waals surface area contributed by atoms with Crippen molar-refractivity contribution in [2.24, 2.45) is 0 Å². The van der Waals surface area contributed by atoms with Crippen LogP contribution < -0.4 is 10.1 Å². The molecule has 0 radical (unpaired) electrons. The predicted molar refractivity (Wildman–Crippen MR) is 95.0 cm³/mol. The third-order valence-corrected chi connectivity index (χ3v) is 4.49. The Bertz CT molecular complexity index is 932. The molecule has 128 valence electrons. The van der Waals surface area contributed by atoms with E-state index in [1.165, 1.54) is 0 Å². The number of fused-ring (bicyclic) bond motifs is 2. The molecular weight excluding hydrogens is 316 g/mol. The number of pyridine rings is 1. The molecule has 3 heterocycles. The van der Waals surface area contributed by atoms with E-state index in [4.69, 9.17) is 4.74 Å². The van der Waals surface area contributed by atoms with Crippen molar-refractivity contribution in [3.8, 4) is 5.75 Å². The number of hydrogen-bond acceptors (Lipinski definition) is 4. The molecule has 0 spiro atoms. The van der Waals surface area contributed by atoms with Gasteiger partial charge in [0, 0.05) is 17.7 Å². The lowest BCUT2D eigenvalue weighted by Gasteiger charge is -2.25. The number of aromatic nitrogens is 3. The van der Waals surface area contributed by atoms with Gasteiger partial charge in [0.25, 0.3) is 0 Å². The number of carbonyl (C=O) groups excluding carboxylic acids is 1. The number of rotatable bonds is 3. The van der Waals surface area contributed by atoms with Crippen molar-refractivity contribution in [3.05, 3.63) is 54.0 Å². The molecule has 25 heavy (non-hydrogen) atoms. The second-order valence-electron chi connectivity index (χ2n) is 6.58. The number of hydrogen-bond donors (Lipinski definition) is 1. The lowest BCUT2D eigenvalue weighted by atomic mass is 9.92. The minimum absolute atomic E-state index is 0.0192. The number of nitrogens with one attached hydrogen (secondary N) is 1. The maximum atomic E-state index is 12.8. The summed E-state index contributed by atoms with van der Waals surface area (Å²) in [5, 5.41) is 11.4. The van der Waals surface area contributed by atoms with Gasteiger partial charge in [-0.15, -0.1) is 10.2 Å². The summed E-state index contributed by atoms with van der Waals surface area (Å²) in [6.07, 6.45) is 2.56. The molecule has 6 nitrogen and oxygen atoms in total. The molecule has 4 rings (SSSR count). The molecule has 0 bridgehead atoms. The Balaban J connectivity index is 1.61. The summed E-state index contributed by atoms with van der Waals surface area (Å²) in [6.45, 7) is 4.69. The summed E-state index contributed by atoms with van der Waals surface area (Å²) in [4.78, 5) is 12.8. The number of benzene rings is 1. The van der Waals surface area contributed by atoms with Crippen LogP contribution in [-0.2, 0) is 4.79 Å². The fraction of sp³-hybridized carbons (Fsp3) is 0.316. The molecule has 1 aliphatic rings. The first-order valence-corrected chi connectivity index (χ1v) is 8.51. The summed E-state index contributed by atoms with van der Waals surface area (Å²) in [5.74, 6) is 1.71. The van der Waals surface area contributed by atoms with Crippen LogP contribution >= 0.6 is 0 Å². The van der Waals surface area contributed by atoms with Crippen LogP contribution in [-0.4, -0.2) is 27.1 Å². The van der Waals surface area contributed by atoms with E-state index in [9.17, 15) is 4.79 Å². The van der Waals surface area contributed by atoms with Crippen molar-refractivity contribution in [1.82, 2.24) is 14.6 Å². The van der Waals surface area contributed by atoms with E-state index in [1.54, 1.807) is 0 Å². The third kappa shape index (κ3) is 2.84. The van der Waals surface area contributed by atoms with E-state index in [2.05, 4.69) is 29.4 Å². The molecule has 0 saturated carbocycles. The van der Waals surface area contributed by atoms with Gasteiger partial charge in [0.15, 0.2) is 5.65 Å². The highest BCUT2D eigenvalue weighted by molar-refractivity contribution is 5.96. The van der Waals surface area contributed by atoms with E-state index < -0.39 is 0 Å². The van der Waals surface area contributed by atoms with E-state index >= 15 is 0 Å². The number of para-hydroxylation sites is 1. The fourth-order valence-corrected chi connectivity index (χ4v) is 3.22. The van der Waals surface area contributed by atoms with Crippen LogP contribution in [0.25, 0.3) is 5.65 Å². The van der Waals surface area contributed by atoms with Gasteiger partial charge < -0.3 is 10.1 Å². The normalized spacial score (nSPS) is 16.5. The van der Waals surface area contributed by atoms with E-state index in [0.29, 0.717) is 13.0 Å². The zero-order valence-corrected chi connectivity index (χ0v) is 14.3. The average molecular weight is 336 g/mol. The van der Waals surface area contributed by atoms with Crippen molar-refractivity contribution in [2.75, 3.05) is 11.9 Å². The number of nitrogens with zero attached hydrogens (tertiary/aromatic N) is 3. The molecule has 0 aliphatic carbocycles. The Morgan fingerprint density at radius 3 is 2.92 bits per heavy atom. The summed E-state index contributed by atoms with van der Waals surface area (Å²) >= 11 is 0. The van der Waals surface area contributed by atoms with Gasteiger partial charge in [-0.25, -0.2) is 0 Å². The molecule has 1 N–H and O–H groups in total. The Hall–Kier alpha value is -2.89. The topological polar surface area (TPSA) is 68.5 Å². The molecular formula is C19H20N4O2. The second kappa shape index (κ2) is 6.20. The minimum Gasteiger partial charge on any atom is -0.493 e. The zero-order chi connectivity index (χ0) is 17.4. The molecule has 6 heteroatoms. The van der Waals surface area contributed by atoms with Crippen molar-refractivity contribution >= 4 is 17.2 Å². The zero-order valence-electron chi connectivity index (χ0n) is 14.3. The van der Waals surface area contributed by atoms with Crippen LogP contribution in [0.3, 0.4) is 0 Å². The van der Waals surface area contributed by atoms with Crippen LogP contribution in [0.2, 0.25) is 0 Å². The van der Waals surface area contributed by atoms with Gasteiger partial charge in [-0.05, 0) is 24.6 Å². The van der Waals surface area contributed by atoms with Crippen molar-refractivity contribution in [3.63, 3.8) is 0 Å². The van der Waals surface area contributed by atoms with Crippen molar-refractivity contribution in [1.29, 1.82) is 0 Å². The van der Waals surface area contributed by atoms with Gasteiger partial charge in [-0.2, -0.15) is 0 Å². The first-order valence-electron chi connectivity index (χ1n) is 8.51. The summed E-state index contributed by atoms with van der Waals surface area (Å²) in [6, 6.07) is 11.5. The molecule has 1 aromatic carbocycles. The third-order valence-electron chi connectivity index (χ3n) is 4.49. The molecule has 0 saturated heterocycles. The quantitative estimate of drug-likeness (QED) is 0.796. The summed E-state index contributed by atoms with van der Waals surface area (Å²) in [7, 11) is 0. The fourth-order valence-electron chi connectivity index (χ4n) is 3.22. The number of anilines is 1. The van der Waals surface area contributed by atoms with Crippen molar-refractivity contribution < 1.29 is 9.53 Å². The first-order chi connectivity index (χ1) is 12.1. The van der Waals surface area contributed by atoms with Crippen LogP contribution in [0.5, 0.6) is 5.75 Å². The predicted octanol–water partition coefficient (Wildman–Crippen LogP) is 3.36. The Labute approximate surface area is 145 Å². The lowest BCUT2D eigenvalue weighted by Crippen LogP contribution is -2.26. The Morgan fingerprint density at radius 2 is 2.08 bits per heavy atom. The smallest absolute Gasteiger partial charge is 0.232 e. The highest BCUT2D eigenvalue weighted by Gasteiger charge is 2.27. The van der Waals surface area contributed by atoms with Crippen LogP contribution in [0.1, 0.15) is 43.5 Å². The number of ether oxygens (including phenoxy) is 1. The van der Waals surface area contributed by atoms with Crippen molar-refractivity contribution in [2.45, 2.75) is 32.1 Å². The van der Waals surface area contributed by atoms with E-state index in [0.717, 1.165) is 28.5 Å². The van der Waals surface area contributed by atoms with Gasteiger partial charge >= 0.3 is 0 Å². The Kier molecular flexibility index (Phi) is 3.87. The summed E-state index contributed by atoms with van der Waals surface area (Å²) < 4.78 is 7.57. The number of amides is 1. The van der Waals surface area contributed by atoms with Crippen LogP contribution in [0, 0.1) is 0 Å². The Morgan fingerprint density at radius 1 is 1.24 bits per heavy atom. The SMILES string of the molecule is CC(C)c1nnc2ccc(NC(=O)[C@@H]3CCOc4ccccc43)cn12. The monoisotopic (exact) mass is 336 g/mol. The van der Waals surface area contributed by atoms with Gasteiger partial charge in [-0.3, -0.25) is 9.20 Å².